The third-order valence-corrected chi connectivity index (χ3v) is 15.0. The Morgan fingerprint density at radius 2 is 1.01 bits per heavy atom. The molecule has 0 radical (unpaired) electrons. The number of phosphoric acid groups is 2. The molecule has 2 saturated heterocycles. The minimum absolute atomic E-state index is 0.0321. The Morgan fingerprint density at radius 1 is 0.590 bits per heavy atom. The number of H-pyrrole nitrogens is 1. The molecule has 6 heterocycles. The van der Waals surface area contributed by atoms with Crippen molar-refractivity contribution in [1.29, 1.82) is 0 Å². The first-order valence-corrected chi connectivity index (χ1v) is 29.1. The number of hydrogen-bond donors (Lipinski definition) is 3. The van der Waals surface area contributed by atoms with Crippen molar-refractivity contribution in [3.8, 4) is 23.3 Å². The normalized spacial score (nSPS) is 14.0. The number of fused-ring (bicyclic) bond motifs is 2. The third-order valence-electron chi connectivity index (χ3n) is 12.3. The number of nitrogens with one attached hydrogen (secondary N) is 1. The fourth-order valence-electron chi connectivity index (χ4n) is 8.65. The third kappa shape index (κ3) is 16.7. The number of aromatic amines is 1. The van der Waals surface area contributed by atoms with Crippen LogP contribution in [-0.2, 0) is 43.5 Å². The molecule has 2 aliphatic rings. The van der Waals surface area contributed by atoms with Crippen molar-refractivity contribution in [2.45, 2.75) is 59.5 Å². The van der Waals surface area contributed by atoms with E-state index in [1.54, 1.807) is 87.7 Å². The van der Waals surface area contributed by atoms with Gasteiger partial charge < -0.3 is 57.9 Å². The number of alkyl halides is 1. The van der Waals surface area contributed by atoms with Crippen molar-refractivity contribution < 1.29 is 84.7 Å². The zero-order valence-corrected chi connectivity index (χ0v) is 50.0. The van der Waals surface area contributed by atoms with Gasteiger partial charge in [0.25, 0.3) is 35.2 Å². The number of phosphoric ester groups is 2. The van der Waals surface area contributed by atoms with Crippen LogP contribution in [-0.4, -0.2) is 182 Å². The lowest BCUT2D eigenvalue weighted by Gasteiger charge is -2.34. The van der Waals surface area contributed by atoms with E-state index in [-0.39, 0.29) is 90.8 Å². The second-order valence-corrected chi connectivity index (χ2v) is 23.2. The predicted octanol–water partition coefficient (Wildman–Crippen LogP) is 6.97. The molecule has 4 aromatic heterocycles. The summed E-state index contributed by atoms with van der Waals surface area (Å²) in [6.45, 7) is 12.1. The van der Waals surface area contributed by atoms with Crippen molar-refractivity contribution in [2.75, 3.05) is 86.9 Å². The number of nitrogens with zero attached hydrogens (tertiary/aromatic N) is 7. The van der Waals surface area contributed by atoms with Crippen molar-refractivity contribution in [3.05, 3.63) is 108 Å². The van der Waals surface area contributed by atoms with Crippen LogP contribution in [0.5, 0.6) is 23.3 Å². The molecule has 2 aliphatic heterocycles. The van der Waals surface area contributed by atoms with E-state index in [4.69, 9.17) is 53.9 Å². The first kappa shape index (κ1) is 64.9. The molecule has 4 amide bonds. The summed E-state index contributed by atoms with van der Waals surface area (Å²) in [6.07, 6.45) is 5.46. The van der Waals surface area contributed by atoms with Crippen molar-refractivity contribution in [1.82, 2.24) is 39.1 Å². The van der Waals surface area contributed by atoms with E-state index in [2.05, 4.69) is 19.5 Å². The minimum Gasteiger partial charge on any atom is -0.494 e. The van der Waals surface area contributed by atoms with E-state index >= 15 is 0 Å². The Balaban J connectivity index is 0.000000217. The van der Waals surface area contributed by atoms with E-state index in [1.807, 2.05) is 24.3 Å². The number of halogens is 1. The van der Waals surface area contributed by atoms with Gasteiger partial charge in [-0.15, -0.1) is 0 Å². The van der Waals surface area contributed by atoms with Crippen molar-refractivity contribution in [2.24, 2.45) is 0 Å². The van der Waals surface area contributed by atoms with Crippen LogP contribution in [0.15, 0.2) is 85.5 Å². The summed E-state index contributed by atoms with van der Waals surface area (Å²) in [5.74, 6) is -2.32. The van der Waals surface area contributed by atoms with Gasteiger partial charge in [-0.25, -0.2) is 19.1 Å². The number of ketones is 2. The van der Waals surface area contributed by atoms with Crippen LogP contribution < -0.4 is 18.9 Å². The van der Waals surface area contributed by atoms with E-state index < -0.39 is 57.0 Å². The average molecular weight is 1210 g/mol. The summed E-state index contributed by atoms with van der Waals surface area (Å²) in [5, 5.41) is 0.630. The summed E-state index contributed by atoms with van der Waals surface area (Å²) < 4.78 is 65.7. The topological polar surface area (TPSA) is 310 Å². The molecule has 26 nitrogen and oxygen atoms in total. The molecule has 0 unspecified atom stereocenters. The lowest BCUT2D eigenvalue weighted by Crippen LogP contribution is -2.52. The maximum atomic E-state index is 13.4. The molecule has 29 heteroatoms. The largest absolute Gasteiger partial charge is 0.494 e. The molecule has 0 atom stereocenters. The highest BCUT2D eigenvalue weighted by molar-refractivity contribution is 7.48. The van der Waals surface area contributed by atoms with Gasteiger partial charge in [-0.3, -0.25) is 46.9 Å². The molecule has 6 aromatic rings. The van der Waals surface area contributed by atoms with Gasteiger partial charge in [0.1, 0.15) is 35.3 Å². The van der Waals surface area contributed by atoms with E-state index in [0.717, 1.165) is 0 Å². The molecule has 0 spiro atoms. The van der Waals surface area contributed by atoms with Gasteiger partial charge in [0.15, 0.2) is 0 Å². The molecule has 83 heavy (non-hydrogen) atoms. The van der Waals surface area contributed by atoms with Crippen LogP contribution in [0.3, 0.4) is 0 Å². The number of ether oxygens (including phenoxy) is 4. The lowest BCUT2D eigenvalue weighted by molar-refractivity contribution is -0.128. The van der Waals surface area contributed by atoms with Gasteiger partial charge in [0.05, 0.1) is 73.9 Å². The van der Waals surface area contributed by atoms with E-state index in [9.17, 15) is 37.9 Å². The Labute approximate surface area is 483 Å². The second-order valence-electron chi connectivity index (χ2n) is 20.3. The molecule has 2 fully saturated rings. The van der Waals surface area contributed by atoms with Crippen LogP contribution >= 0.6 is 27.2 Å². The Hall–Kier alpha value is -7.25. The number of benzene rings is 2. The Kier molecular flexibility index (Phi) is 21.8. The van der Waals surface area contributed by atoms with Gasteiger partial charge >= 0.3 is 15.6 Å². The predicted molar refractivity (Wildman–Crippen MR) is 303 cm³/mol. The second kappa shape index (κ2) is 27.9. The highest BCUT2D eigenvalue weighted by Gasteiger charge is 2.38. The van der Waals surface area contributed by atoms with Crippen LogP contribution in [0, 0.1) is 0 Å². The standard InChI is InChI=1S/C23H25N4O9P.C22H22N4O5.C9H20ClO4P/c1-34-17-12-24-21(35-2)19-18(17)16(13-27(19)14-36-37(31,32)33)20(28)23(30)26-10-8-25(9-11-26)22(29)15-6-4-3-5-7-15;1-30-16-13-24-20(31-2)18-17(16)15(12-23-18)19(27)22(29)26-10-8-25(9-11-26)21(28)14-6-4-3-5-7-14;1-8(2,3)13-15(11,12-7-10)14-9(4,5)6/h3-7,12-13H,8-11,14H2,1-2H3,(H2,31,32,33);3-7,12-13,23H,8-11H2,1-2H3;7H2,1-6H3. The highest BCUT2D eigenvalue weighted by Crippen LogP contribution is 2.55. The zero-order chi connectivity index (χ0) is 61.0. The number of carbonyl (C=O) groups excluding carboxylic acids is 6. The molecule has 8 rings (SSSR count). The molecule has 0 bridgehead atoms. The number of carbonyl (C=O) groups is 6. The van der Waals surface area contributed by atoms with E-state index in [1.165, 1.54) is 67.6 Å². The molecule has 448 valence electrons. The Morgan fingerprint density at radius 3 is 1.42 bits per heavy atom. The fraction of sp³-hybridized carbons (Fsp3) is 0.407. The number of rotatable bonds is 17. The van der Waals surface area contributed by atoms with Gasteiger partial charge in [0, 0.05) is 75.9 Å². The van der Waals surface area contributed by atoms with Crippen molar-refractivity contribution in [3.63, 3.8) is 0 Å². The van der Waals surface area contributed by atoms with Gasteiger partial charge in [-0.05, 0) is 65.8 Å². The molecule has 0 saturated carbocycles. The number of methoxy groups -OCH3 is 4. The van der Waals surface area contributed by atoms with Crippen LogP contribution in [0.4, 0.5) is 0 Å². The van der Waals surface area contributed by atoms with E-state index in [0.29, 0.717) is 46.7 Å². The maximum Gasteiger partial charge on any atom is 0.476 e. The molecular formula is C54H67ClN8O18P2. The first-order valence-electron chi connectivity index (χ1n) is 25.6. The molecular weight excluding hydrogens is 1150 g/mol. The number of hydrogen-bond acceptors (Lipinski definition) is 18. The fourth-order valence-corrected chi connectivity index (χ4v) is 10.9. The average Bonchev–Trinajstić information content (AvgIpc) is 2.52. The zero-order valence-electron chi connectivity index (χ0n) is 47.5. The molecule has 0 aliphatic carbocycles. The van der Waals surface area contributed by atoms with Crippen LogP contribution in [0.1, 0.15) is 83.0 Å². The number of pyridine rings is 2. The number of piperazine rings is 2. The van der Waals surface area contributed by atoms with Gasteiger partial charge in [0.2, 0.25) is 11.8 Å². The molecule has 2 aromatic carbocycles. The number of Topliss-reactive ketones (excluding diaryl/α,β-unsaturated/α-hetero) is 2. The van der Waals surface area contributed by atoms with Gasteiger partial charge in [-0.1, -0.05) is 48.0 Å². The summed E-state index contributed by atoms with van der Waals surface area (Å²) in [5.41, 5.74) is 0.667. The Bertz CT molecular complexity index is 3360. The monoisotopic (exact) mass is 1210 g/mol. The SMILES string of the molecule is CC(C)(C)OP(=O)(OCCl)OC(C)(C)C.COc1cnc(OC)c2c1c(C(=O)C(=O)N1CCN(C(=O)c3ccccc3)CC1)cn2COP(=O)(O)O.COc1ncc(OC)c2c(C(=O)C(=O)N3CCN(C(=O)c4ccccc4)CC3)c[nH]c12. The minimum atomic E-state index is -4.85. The first-order chi connectivity index (χ1) is 39.2. The van der Waals surface area contributed by atoms with Crippen LogP contribution in [0.25, 0.3) is 21.8 Å². The van der Waals surface area contributed by atoms with Crippen molar-refractivity contribution >= 4 is 84.2 Å². The quantitative estimate of drug-likeness (QED) is 0.0359. The lowest BCUT2D eigenvalue weighted by atomic mass is 10.1. The number of aromatic nitrogens is 4. The summed E-state index contributed by atoms with van der Waals surface area (Å²) in [6, 6.07) is 17.5. The van der Waals surface area contributed by atoms with Crippen LogP contribution in [0.2, 0.25) is 0 Å². The summed E-state index contributed by atoms with van der Waals surface area (Å²) in [7, 11) is -2.82. The smallest absolute Gasteiger partial charge is 0.476 e. The van der Waals surface area contributed by atoms with Gasteiger partial charge in [-0.2, -0.15) is 0 Å². The summed E-state index contributed by atoms with van der Waals surface area (Å²) >= 11 is 5.39. The molecule has 3 N–H and O–H groups in total. The highest BCUT2D eigenvalue weighted by atomic mass is 35.5. The maximum absolute atomic E-state index is 13.4. The number of amides is 4. The summed E-state index contributed by atoms with van der Waals surface area (Å²) in [4.78, 5) is 113.